The molecule has 7 nitrogen and oxygen atoms in total. The fourth-order valence-corrected chi connectivity index (χ4v) is 4.31. The molecule has 0 bridgehead atoms. The number of nitrogens with one attached hydrogen (secondary N) is 1. The monoisotopic (exact) mass is 508 g/mol. The lowest BCUT2D eigenvalue weighted by atomic mass is 10.2. The van der Waals surface area contributed by atoms with Crippen molar-refractivity contribution in [3.05, 3.63) is 59.9 Å². The van der Waals surface area contributed by atoms with Gasteiger partial charge < -0.3 is 19.4 Å². The predicted octanol–water partition coefficient (Wildman–Crippen LogP) is 6.15. The van der Waals surface area contributed by atoms with Crippen molar-refractivity contribution in [1.29, 1.82) is 0 Å². The average Bonchev–Trinajstić information content (AvgIpc) is 3.23. The number of rotatable bonds is 9. The summed E-state index contributed by atoms with van der Waals surface area (Å²) in [5.74, 6) is 1.26. The Hall–Kier alpha value is -3.21. The summed E-state index contributed by atoms with van der Waals surface area (Å²) >= 11 is 1.16. The summed E-state index contributed by atoms with van der Waals surface area (Å²) in [7, 11) is 1.56. The molecule has 0 radical (unpaired) electrons. The Labute approximate surface area is 206 Å². The number of nitrogens with zero attached hydrogens (tertiary/aromatic N) is 3. The lowest BCUT2D eigenvalue weighted by Gasteiger charge is -2.20. The van der Waals surface area contributed by atoms with Crippen LogP contribution < -0.4 is 14.8 Å². The van der Waals surface area contributed by atoms with Crippen LogP contribution in [0.1, 0.15) is 51.2 Å². The highest BCUT2D eigenvalue weighted by Gasteiger charge is 2.31. The van der Waals surface area contributed by atoms with E-state index < -0.39 is 29.0 Å². The number of halogens is 3. The van der Waals surface area contributed by atoms with Crippen LogP contribution >= 0.6 is 11.8 Å². The number of alkyl halides is 3. The molecular weight excluding hydrogens is 481 g/mol. The minimum absolute atomic E-state index is 0.0371. The van der Waals surface area contributed by atoms with E-state index in [9.17, 15) is 18.0 Å². The second-order valence-corrected chi connectivity index (χ2v) is 9.35. The largest absolute Gasteiger partial charge is 0.493 e. The highest BCUT2D eigenvalue weighted by molar-refractivity contribution is 8.00. The Balaban J connectivity index is 1.75. The number of benzene rings is 2. The molecule has 1 amide bonds. The number of anilines is 1. The molecule has 2 aromatic carbocycles. The van der Waals surface area contributed by atoms with Crippen LogP contribution in [0.15, 0.2) is 53.7 Å². The highest BCUT2D eigenvalue weighted by Crippen LogP contribution is 2.34. The lowest BCUT2D eigenvalue weighted by molar-refractivity contribution is -0.137. The summed E-state index contributed by atoms with van der Waals surface area (Å²) < 4.78 is 52.2. The first-order valence-corrected chi connectivity index (χ1v) is 11.8. The molecule has 0 aliphatic carbocycles. The van der Waals surface area contributed by atoms with Gasteiger partial charge in [0.25, 0.3) is 0 Å². The molecule has 2 atom stereocenters. The second-order valence-electron chi connectivity index (χ2n) is 8.04. The standard InChI is InChI=1S/C24H27F3N4O3S/c1-14(2)31-21(15(3)34-20-12-7-6-11-19(20)33-5)29-30-23(31)35-16(4)22(32)28-18-10-8-9-17(13-18)24(25,26)27/h6-16H,1-5H3,(H,28,32). The molecule has 2 unspecified atom stereocenters. The maximum absolute atomic E-state index is 13.0. The Kier molecular flexibility index (Phi) is 8.31. The minimum Gasteiger partial charge on any atom is -0.493 e. The van der Waals surface area contributed by atoms with Gasteiger partial charge >= 0.3 is 6.18 Å². The number of hydrogen-bond acceptors (Lipinski definition) is 6. The number of amides is 1. The third-order valence-corrected chi connectivity index (χ3v) is 6.11. The third-order valence-electron chi connectivity index (χ3n) is 5.05. The molecule has 1 N–H and O–H groups in total. The maximum Gasteiger partial charge on any atom is 0.416 e. The molecule has 0 saturated heterocycles. The van der Waals surface area contributed by atoms with Gasteiger partial charge in [0.15, 0.2) is 28.6 Å². The Morgan fingerprint density at radius 3 is 2.34 bits per heavy atom. The van der Waals surface area contributed by atoms with Gasteiger partial charge in [-0.2, -0.15) is 13.2 Å². The fourth-order valence-electron chi connectivity index (χ4n) is 3.32. The van der Waals surface area contributed by atoms with Gasteiger partial charge in [-0.05, 0) is 58.0 Å². The van der Waals surface area contributed by atoms with Crippen LogP contribution in [0.25, 0.3) is 0 Å². The van der Waals surface area contributed by atoms with Gasteiger partial charge in [0.1, 0.15) is 0 Å². The van der Waals surface area contributed by atoms with Gasteiger partial charge in [0, 0.05) is 11.7 Å². The molecule has 188 valence electrons. The summed E-state index contributed by atoms with van der Waals surface area (Å²) in [6.45, 7) is 7.41. The van der Waals surface area contributed by atoms with Crippen LogP contribution in [0, 0.1) is 0 Å². The molecule has 1 heterocycles. The number of ether oxygens (including phenoxy) is 2. The zero-order valence-electron chi connectivity index (χ0n) is 20.0. The Morgan fingerprint density at radius 1 is 1.03 bits per heavy atom. The van der Waals surface area contributed by atoms with Crippen molar-refractivity contribution in [3.63, 3.8) is 0 Å². The van der Waals surface area contributed by atoms with Crippen LogP contribution in [-0.2, 0) is 11.0 Å². The van der Waals surface area contributed by atoms with Crippen molar-refractivity contribution < 1.29 is 27.4 Å². The van der Waals surface area contributed by atoms with Crippen molar-refractivity contribution in [2.45, 2.75) is 56.4 Å². The predicted molar refractivity (Wildman–Crippen MR) is 128 cm³/mol. The van der Waals surface area contributed by atoms with Gasteiger partial charge in [-0.25, -0.2) is 0 Å². The molecule has 1 aromatic heterocycles. The van der Waals surface area contributed by atoms with Crippen LogP contribution in [0.3, 0.4) is 0 Å². The molecule has 11 heteroatoms. The van der Waals surface area contributed by atoms with Gasteiger partial charge in [-0.3, -0.25) is 4.79 Å². The second kappa shape index (κ2) is 11.0. The number of hydrogen-bond donors (Lipinski definition) is 1. The van der Waals surface area contributed by atoms with E-state index in [-0.39, 0.29) is 11.7 Å². The zero-order valence-corrected chi connectivity index (χ0v) is 20.8. The first-order chi connectivity index (χ1) is 16.5. The van der Waals surface area contributed by atoms with E-state index in [0.29, 0.717) is 22.5 Å². The topological polar surface area (TPSA) is 78.3 Å². The summed E-state index contributed by atoms with van der Waals surface area (Å²) in [5, 5.41) is 10.9. The molecule has 35 heavy (non-hydrogen) atoms. The van der Waals surface area contributed by atoms with Crippen molar-refractivity contribution in [2.24, 2.45) is 0 Å². The number of carbonyl (C=O) groups excluding carboxylic acids is 1. The third kappa shape index (κ3) is 6.47. The lowest BCUT2D eigenvalue weighted by Crippen LogP contribution is -2.23. The van der Waals surface area contributed by atoms with Crippen LogP contribution in [0.4, 0.5) is 18.9 Å². The molecule has 3 rings (SSSR count). The van der Waals surface area contributed by atoms with E-state index in [4.69, 9.17) is 9.47 Å². The molecule has 0 aliphatic rings. The molecule has 0 saturated carbocycles. The zero-order chi connectivity index (χ0) is 25.8. The van der Waals surface area contributed by atoms with E-state index in [1.54, 1.807) is 26.2 Å². The van der Waals surface area contributed by atoms with Crippen molar-refractivity contribution >= 4 is 23.4 Å². The average molecular weight is 509 g/mol. The SMILES string of the molecule is COc1ccccc1OC(C)c1nnc(SC(C)C(=O)Nc2cccc(C(F)(F)F)c2)n1C(C)C. The van der Waals surface area contributed by atoms with E-state index in [2.05, 4.69) is 15.5 Å². The maximum atomic E-state index is 13.0. The Morgan fingerprint density at radius 2 is 1.71 bits per heavy atom. The van der Waals surface area contributed by atoms with Crippen molar-refractivity contribution in [3.8, 4) is 11.5 Å². The molecule has 0 fully saturated rings. The molecule has 3 aromatic rings. The van der Waals surface area contributed by atoms with Crippen LogP contribution in [0.5, 0.6) is 11.5 Å². The number of thioether (sulfide) groups is 1. The van der Waals surface area contributed by atoms with Crippen molar-refractivity contribution in [1.82, 2.24) is 14.8 Å². The van der Waals surface area contributed by atoms with Gasteiger partial charge in [-0.15, -0.1) is 10.2 Å². The number of carbonyl (C=O) groups is 1. The number of methoxy groups -OCH3 is 1. The summed E-state index contributed by atoms with van der Waals surface area (Å²) in [4.78, 5) is 12.7. The van der Waals surface area contributed by atoms with Gasteiger partial charge in [0.05, 0.1) is 17.9 Å². The number of aromatic nitrogens is 3. The van der Waals surface area contributed by atoms with E-state index >= 15 is 0 Å². The molecular formula is C24H27F3N4O3S. The fraction of sp³-hybridized carbons (Fsp3) is 0.375. The summed E-state index contributed by atoms with van der Waals surface area (Å²) in [6, 6.07) is 11.7. The van der Waals surface area contributed by atoms with Crippen molar-refractivity contribution in [2.75, 3.05) is 12.4 Å². The van der Waals surface area contributed by atoms with E-state index in [1.165, 1.54) is 12.1 Å². The minimum atomic E-state index is -4.49. The molecule has 0 spiro atoms. The van der Waals surface area contributed by atoms with Crippen LogP contribution in [0.2, 0.25) is 0 Å². The summed E-state index contributed by atoms with van der Waals surface area (Å²) in [5.41, 5.74) is -0.758. The normalized spacial score (nSPS) is 13.4. The quantitative estimate of drug-likeness (QED) is 0.350. The molecule has 0 aliphatic heterocycles. The summed E-state index contributed by atoms with van der Waals surface area (Å²) in [6.07, 6.45) is -4.96. The van der Waals surface area contributed by atoms with E-state index in [1.807, 2.05) is 37.5 Å². The number of para-hydroxylation sites is 2. The highest BCUT2D eigenvalue weighted by atomic mass is 32.2. The van der Waals surface area contributed by atoms with Gasteiger partial charge in [-0.1, -0.05) is 30.0 Å². The van der Waals surface area contributed by atoms with Crippen LogP contribution in [-0.4, -0.2) is 33.0 Å². The van der Waals surface area contributed by atoms with Gasteiger partial charge in [0.2, 0.25) is 5.91 Å². The van der Waals surface area contributed by atoms with E-state index in [0.717, 1.165) is 23.9 Å². The first-order valence-electron chi connectivity index (χ1n) is 10.9. The Bertz CT molecular complexity index is 1170. The first kappa shape index (κ1) is 26.4. The smallest absolute Gasteiger partial charge is 0.416 e.